The summed E-state index contributed by atoms with van der Waals surface area (Å²) < 4.78 is 29.9. The van der Waals surface area contributed by atoms with Crippen molar-refractivity contribution in [3.63, 3.8) is 0 Å². The molecule has 0 spiro atoms. The van der Waals surface area contributed by atoms with Gasteiger partial charge in [0.2, 0.25) is 15.9 Å². The van der Waals surface area contributed by atoms with Crippen LogP contribution in [0.5, 0.6) is 5.75 Å². The Bertz CT molecular complexity index is 603. The molecule has 0 saturated carbocycles. The number of nitrogens with zero attached hydrogens (tertiary/aromatic N) is 1. The van der Waals surface area contributed by atoms with Gasteiger partial charge in [0.1, 0.15) is 11.8 Å². The van der Waals surface area contributed by atoms with E-state index in [-0.39, 0.29) is 17.1 Å². The van der Waals surface area contributed by atoms with E-state index >= 15 is 0 Å². The number of methoxy groups -OCH3 is 1. The number of nitrogens with two attached hydrogens (primary N) is 1. The minimum atomic E-state index is -3.68. The molecule has 0 bridgehead atoms. The Kier molecular flexibility index (Phi) is 5.24. The third-order valence-corrected chi connectivity index (χ3v) is 4.22. The van der Waals surface area contributed by atoms with E-state index in [2.05, 4.69) is 0 Å². The molecule has 2 N–H and O–H groups in total. The molecule has 0 unspecified atom stereocenters. The second kappa shape index (κ2) is 6.32. The Morgan fingerprint density at radius 2 is 2.10 bits per heavy atom. The number of carbonyl (C=O) groups excluding carboxylic acids is 1. The standard InChI is InChI=1S/C12H17ClN2O4S/c1-4-10(12(14)16)15(20(3,17)18)8-5-6-11(19-2)9(13)7-8/h5-7,10H,4H2,1-3H3,(H2,14,16)/t10-/m0/s1. The zero-order chi connectivity index (χ0) is 15.5. The second-order valence-electron chi connectivity index (χ2n) is 4.20. The molecule has 1 atom stereocenters. The first-order valence-electron chi connectivity index (χ1n) is 5.84. The number of hydrogen-bond acceptors (Lipinski definition) is 4. The van der Waals surface area contributed by atoms with E-state index in [0.29, 0.717) is 5.75 Å². The summed E-state index contributed by atoms with van der Waals surface area (Å²) in [6.07, 6.45) is 1.27. The van der Waals surface area contributed by atoms with Gasteiger partial charge < -0.3 is 10.5 Å². The molecule has 0 saturated heterocycles. The van der Waals surface area contributed by atoms with Crippen LogP contribution in [0, 0.1) is 0 Å². The van der Waals surface area contributed by atoms with Crippen molar-refractivity contribution in [3.05, 3.63) is 23.2 Å². The second-order valence-corrected chi connectivity index (χ2v) is 6.47. The van der Waals surface area contributed by atoms with Crippen LogP contribution in [-0.4, -0.2) is 33.7 Å². The number of anilines is 1. The fourth-order valence-electron chi connectivity index (χ4n) is 1.88. The van der Waals surface area contributed by atoms with Crippen molar-refractivity contribution in [1.82, 2.24) is 0 Å². The van der Waals surface area contributed by atoms with Gasteiger partial charge in [-0.3, -0.25) is 9.10 Å². The molecule has 6 nitrogen and oxygen atoms in total. The summed E-state index contributed by atoms with van der Waals surface area (Å²) in [6.45, 7) is 1.68. The highest BCUT2D eigenvalue weighted by Crippen LogP contribution is 2.31. The van der Waals surface area contributed by atoms with E-state index in [4.69, 9.17) is 22.1 Å². The SMILES string of the molecule is CC[C@@H](C(N)=O)N(c1ccc(OC)c(Cl)c1)S(C)(=O)=O. The predicted molar refractivity (Wildman–Crippen MR) is 78.6 cm³/mol. The number of sulfonamides is 1. The third kappa shape index (κ3) is 3.55. The van der Waals surface area contributed by atoms with Crippen LogP contribution in [-0.2, 0) is 14.8 Å². The van der Waals surface area contributed by atoms with E-state index < -0.39 is 22.0 Å². The molecule has 1 aromatic carbocycles. The number of primary amides is 1. The van der Waals surface area contributed by atoms with Crippen molar-refractivity contribution in [1.29, 1.82) is 0 Å². The fraction of sp³-hybridized carbons (Fsp3) is 0.417. The first kappa shape index (κ1) is 16.6. The first-order valence-corrected chi connectivity index (χ1v) is 8.07. The average molecular weight is 321 g/mol. The molecule has 0 aromatic heterocycles. The molecule has 1 amide bonds. The van der Waals surface area contributed by atoms with Crippen molar-refractivity contribution in [2.24, 2.45) is 5.73 Å². The number of rotatable bonds is 6. The topological polar surface area (TPSA) is 89.7 Å². The minimum Gasteiger partial charge on any atom is -0.495 e. The highest BCUT2D eigenvalue weighted by atomic mass is 35.5. The fourth-order valence-corrected chi connectivity index (χ4v) is 3.34. The molecule has 0 radical (unpaired) electrons. The van der Waals surface area contributed by atoms with E-state index in [1.165, 1.54) is 25.3 Å². The third-order valence-electron chi connectivity index (χ3n) is 2.75. The number of hydrogen-bond donors (Lipinski definition) is 1. The highest BCUT2D eigenvalue weighted by molar-refractivity contribution is 7.92. The maximum Gasteiger partial charge on any atom is 0.241 e. The summed E-state index contributed by atoms with van der Waals surface area (Å²) in [5.41, 5.74) is 5.54. The summed E-state index contributed by atoms with van der Waals surface area (Å²) in [6, 6.07) is 3.50. The van der Waals surface area contributed by atoms with Crippen molar-refractivity contribution >= 4 is 33.2 Å². The summed E-state index contributed by atoms with van der Waals surface area (Å²) in [5.74, 6) is -0.305. The molecule has 1 rings (SSSR count). The number of halogens is 1. The molecule has 0 heterocycles. The largest absolute Gasteiger partial charge is 0.495 e. The van der Waals surface area contributed by atoms with Gasteiger partial charge in [-0.2, -0.15) is 0 Å². The van der Waals surface area contributed by atoms with Crippen LogP contribution in [0.15, 0.2) is 18.2 Å². The molecule has 0 aliphatic rings. The van der Waals surface area contributed by atoms with Gasteiger partial charge in [-0.15, -0.1) is 0 Å². The molecule has 20 heavy (non-hydrogen) atoms. The monoisotopic (exact) mass is 320 g/mol. The van der Waals surface area contributed by atoms with E-state index in [1.807, 2.05) is 0 Å². The average Bonchev–Trinajstić information content (AvgIpc) is 2.33. The van der Waals surface area contributed by atoms with Gasteiger partial charge in [-0.1, -0.05) is 18.5 Å². The Morgan fingerprint density at radius 1 is 1.50 bits per heavy atom. The zero-order valence-electron chi connectivity index (χ0n) is 11.5. The maximum atomic E-state index is 11.9. The van der Waals surface area contributed by atoms with Crippen LogP contribution in [0.1, 0.15) is 13.3 Å². The van der Waals surface area contributed by atoms with Crippen molar-refractivity contribution < 1.29 is 17.9 Å². The predicted octanol–water partition coefficient (Wildman–Crippen LogP) is 1.38. The lowest BCUT2D eigenvalue weighted by Crippen LogP contribution is -2.47. The Morgan fingerprint density at radius 3 is 2.45 bits per heavy atom. The quantitative estimate of drug-likeness (QED) is 0.857. The zero-order valence-corrected chi connectivity index (χ0v) is 13.0. The molecule has 0 aliphatic carbocycles. The molecule has 1 aromatic rings. The van der Waals surface area contributed by atoms with Crippen molar-refractivity contribution in [2.45, 2.75) is 19.4 Å². The van der Waals surface area contributed by atoms with Crippen molar-refractivity contribution in [3.8, 4) is 5.75 Å². The smallest absolute Gasteiger partial charge is 0.241 e. The Labute approximate surface area is 123 Å². The lowest BCUT2D eigenvalue weighted by molar-refractivity contribution is -0.119. The van der Waals surface area contributed by atoms with Crippen LogP contribution in [0.2, 0.25) is 5.02 Å². The lowest BCUT2D eigenvalue weighted by Gasteiger charge is -2.29. The highest BCUT2D eigenvalue weighted by Gasteiger charge is 2.30. The number of carbonyl (C=O) groups is 1. The van der Waals surface area contributed by atoms with E-state index in [1.54, 1.807) is 6.92 Å². The van der Waals surface area contributed by atoms with Crippen LogP contribution in [0.4, 0.5) is 5.69 Å². The number of ether oxygens (including phenoxy) is 1. The molecule has 8 heteroatoms. The summed E-state index contributed by atoms with van der Waals surface area (Å²) in [4.78, 5) is 11.5. The van der Waals surface area contributed by atoms with Gasteiger partial charge in [-0.25, -0.2) is 8.42 Å². The van der Waals surface area contributed by atoms with Gasteiger partial charge in [0, 0.05) is 0 Å². The number of benzene rings is 1. The molecule has 0 aliphatic heterocycles. The van der Waals surface area contributed by atoms with Crippen LogP contribution in [0.3, 0.4) is 0 Å². The van der Waals surface area contributed by atoms with Gasteiger partial charge in [-0.05, 0) is 24.6 Å². The van der Waals surface area contributed by atoms with Crippen LogP contribution in [0.25, 0.3) is 0 Å². The first-order chi connectivity index (χ1) is 9.22. The summed E-state index contributed by atoms with van der Waals surface area (Å²) in [5, 5.41) is 0.248. The number of amides is 1. The molecular weight excluding hydrogens is 304 g/mol. The maximum absolute atomic E-state index is 11.9. The molecule has 0 fully saturated rings. The van der Waals surface area contributed by atoms with E-state index in [9.17, 15) is 13.2 Å². The molecule has 112 valence electrons. The normalized spacial score (nSPS) is 12.8. The summed E-state index contributed by atoms with van der Waals surface area (Å²) >= 11 is 5.99. The molecular formula is C12H17ClN2O4S. The Balaban J connectivity index is 3.39. The van der Waals surface area contributed by atoms with Gasteiger partial charge in [0.05, 0.1) is 24.1 Å². The Hall–Kier alpha value is -1.47. The van der Waals surface area contributed by atoms with Crippen molar-refractivity contribution in [2.75, 3.05) is 17.7 Å². The minimum absolute atomic E-state index is 0.248. The van der Waals surface area contributed by atoms with E-state index in [0.717, 1.165) is 10.6 Å². The van der Waals surface area contributed by atoms with Gasteiger partial charge in [0.15, 0.2) is 0 Å². The van der Waals surface area contributed by atoms with Crippen LogP contribution < -0.4 is 14.8 Å². The lowest BCUT2D eigenvalue weighted by atomic mass is 10.2. The van der Waals surface area contributed by atoms with Gasteiger partial charge in [0.25, 0.3) is 0 Å². The van der Waals surface area contributed by atoms with Crippen LogP contribution >= 0.6 is 11.6 Å². The van der Waals surface area contributed by atoms with Gasteiger partial charge >= 0.3 is 0 Å². The summed E-state index contributed by atoms with van der Waals surface area (Å²) in [7, 11) is -2.23.